The van der Waals surface area contributed by atoms with E-state index in [9.17, 15) is 13.2 Å². The number of sulfonamides is 1. The van der Waals surface area contributed by atoms with Crippen LogP contribution in [0.1, 0.15) is 21.5 Å². The summed E-state index contributed by atoms with van der Waals surface area (Å²) >= 11 is 0. The first kappa shape index (κ1) is 18.8. The zero-order valence-corrected chi connectivity index (χ0v) is 15.4. The highest BCUT2D eigenvalue weighted by Crippen LogP contribution is 2.14. The van der Waals surface area contributed by atoms with Crippen molar-refractivity contribution in [3.05, 3.63) is 102 Å². The Morgan fingerprint density at radius 1 is 0.815 bits per heavy atom. The van der Waals surface area contributed by atoms with E-state index in [0.717, 1.165) is 11.1 Å². The van der Waals surface area contributed by atoms with E-state index in [4.69, 9.17) is 4.74 Å². The first-order valence-electron chi connectivity index (χ1n) is 8.39. The second-order valence-electron chi connectivity index (χ2n) is 5.90. The van der Waals surface area contributed by atoms with Crippen LogP contribution < -0.4 is 4.72 Å². The lowest BCUT2D eigenvalue weighted by atomic mass is 10.2. The normalized spacial score (nSPS) is 11.1. The second kappa shape index (κ2) is 8.62. The average Bonchev–Trinajstić information content (AvgIpc) is 2.72. The summed E-state index contributed by atoms with van der Waals surface area (Å²) in [5.74, 6) is -0.570. The van der Waals surface area contributed by atoms with Crippen molar-refractivity contribution in [1.82, 2.24) is 4.72 Å². The van der Waals surface area contributed by atoms with E-state index in [1.807, 2.05) is 60.7 Å². The SMILES string of the molecule is O=C(OCc1ccccc1)c1cccc(S(=O)(=O)NCc2ccccc2)c1. The van der Waals surface area contributed by atoms with Crippen molar-refractivity contribution in [2.24, 2.45) is 0 Å². The molecule has 138 valence electrons. The van der Waals surface area contributed by atoms with Gasteiger partial charge in [-0.2, -0.15) is 0 Å². The van der Waals surface area contributed by atoms with E-state index < -0.39 is 16.0 Å². The summed E-state index contributed by atoms with van der Waals surface area (Å²) in [6.07, 6.45) is 0. The van der Waals surface area contributed by atoms with E-state index in [2.05, 4.69) is 4.72 Å². The van der Waals surface area contributed by atoms with Gasteiger partial charge in [0.25, 0.3) is 0 Å². The van der Waals surface area contributed by atoms with Crippen molar-refractivity contribution in [2.75, 3.05) is 0 Å². The molecule has 0 radical (unpaired) electrons. The van der Waals surface area contributed by atoms with Crippen LogP contribution >= 0.6 is 0 Å². The third-order valence-corrected chi connectivity index (χ3v) is 5.30. The molecule has 0 atom stereocenters. The fraction of sp³-hybridized carbons (Fsp3) is 0.0952. The summed E-state index contributed by atoms with van der Waals surface area (Å²) in [6, 6.07) is 24.3. The summed E-state index contributed by atoms with van der Waals surface area (Å²) in [5.41, 5.74) is 1.90. The Hall–Kier alpha value is -2.96. The van der Waals surface area contributed by atoms with Gasteiger partial charge in [0.1, 0.15) is 6.61 Å². The van der Waals surface area contributed by atoms with Crippen LogP contribution in [-0.4, -0.2) is 14.4 Å². The minimum Gasteiger partial charge on any atom is -0.457 e. The molecule has 0 unspecified atom stereocenters. The minimum absolute atomic E-state index is 0.0209. The van der Waals surface area contributed by atoms with Gasteiger partial charge in [0, 0.05) is 6.54 Å². The highest BCUT2D eigenvalue weighted by atomic mass is 32.2. The molecule has 0 aliphatic rings. The number of benzene rings is 3. The fourth-order valence-corrected chi connectivity index (χ4v) is 3.52. The quantitative estimate of drug-likeness (QED) is 0.636. The Bertz CT molecular complexity index is 1000. The van der Waals surface area contributed by atoms with Crippen molar-refractivity contribution in [3.63, 3.8) is 0 Å². The Morgan fingerprint density at radius 3 is 2.11 bits per heavy atom. The number of rotatable bonds is 7. The molecule has 0 bridgehead atoms. The molecule has 0 aliphatic carbocycles. The van der Waals surface area contributed by atoms with E-state index >= 15 is 0 Å². The van der Waals surface area contributed by atoms with Gasteiger partial charge < -0.3 is 4.74 Å². The van der Waals surface area contributed by atoms with Crippen LogP contribution in [0.5, 0.6) is 0 Å². The number of esters is 1. The number of ether oxygens (including phenoxy) is 1. The molecule has 5 nitrogen and oxygen atoms in total. The Labute approximate surface area is 158 Å². The Morgan fingerprint density at radius 2 is 1.44 bits per heavy atom. The highest BCUT2D eigenvalue weighted by Gasteiger charge is 2.16. The number of carbonyl (C=O) groups is 1. The van der Waals surface area contributed by atoms with Crippen LogP contribution in [0.3, 0.4) is 0 Å². The van der Waals surface area contributed by atoms with Crippen molar-refractivity contribution in [3.8, 4) is 0 Å². The molecule has 0 amide bonds. The van der Waals surface area contributed by atoms with Crippen molar-refractivity contribution < 1.29 is 17.9 Å². The third-order valence-electron chi connectivity index (χ3n) is 3.90. The lowest BCUT2D eigenvalue weighted by molar-refractivity contribution is 0.0472. The predicted octanol–water partition coefficient (Wildman–Crippen LogP) is 3.52. The van der Waals surface area contributed by atoms with Gasteiger partial charge in [-0.15, -0.1) is 0 Å². The first-order chi connectivity index (χ1) is 13.0. The molecule has 3 aromatic rings. The fourth-order valence-electron chi connectivity index (χ4n) is 2.45. The van der Waals surface area contributed by atoms with Gasteiger partial charge in [0.05, 0.1) is 10.5 Å². The molecule has 6 heteroatoms. The molecule has 0 spiro atoms. The van der Waals surface area contributed by atoms with Gasteiger partial charge in [0.2, 0.25) is 10.0 Å². The maximum atomic E-state index is 12.5. The number of hydrogen-bond acceptors (Lipinski definition) is 4. The standard InChI is InChI=1S/C21H19NO4S/c23-21(26-16-18-10-5-2-6-11-18)19-12-7-13-20(14-19)27(24,25)22-15-17-8-3-1-4-9-17/h1-14,22H,15-16H2. The monoisotopic (exact) mass is 381 g/mol. The van der Waals surface area contributed by atoms with E-state index in [1.165, 1.54) is 24.3 Å². The summed E-state index contributed by atoms with van der Waals surface area (Å²) in [5, 5.41) is 0. The molecular weight excluding hydrogens is 362 g/mol. The molecule has 0 fully saturated rings. The zero-order chi connectivity index (χ0) is 19.1. The number of nitrogens with one attached hydrogen (secondary N) is 1. The van der Waals surface area contributed by atoms with E-state index in [0.29, 0.717) is 0 Å². The molecule has 3 aromatic carbocycles. The maximum Gasteiger partial charge on any atom is 0.338 e. The van der Waals surface area contributed by atoms with Crippen LogP contribution in [0.2, 0.25) is 0 Å². The van der Waals surface area contributed by atoms with Crippen LogP contribution in [0.15, 0.2) is 89.8 Å². The predicted molar refractivity (Wildman–Crippen MR) is 102 cm³/mol. The lowest BCUT2D eigenvalue weighted by Gasteiger charge is -2.09. The number of carbonyl (C=O) groups excluding carboxylic acids is 1. The molecule has 0 saturated carbocycles. The summed E-state index contributed by atoms with van der Waals surface area (Å²) in [4.78, 5) is 12.3. The van der Waals surface area contributed by atoms with Gasteiger partial charge in [-0.3, -0.25) is 0 Å². The lowest BCUT2D eigenvalue weighted by Crippen LogP contribution is -2.23. The van der Waals surface area contributed by atoms with Crippen molar-refractivity contribution in [2.45, 2.75) is 18.0 Å². The van der Waals surface area contributed by atoms with E-state index in [-0.39, 0.29) is 23.6 Å². The van der Waals surface area contributed by atoms with Crippen LogP contribution in [0.4, 0.5) is 0 Å². The smallest absolute Gasteiger partial charge is 0.338 e. The third kappa shape index (κ3) is 5.26. The molecular formula is C21H19NO4S. The summed E-state index contributed by atoms with van der Waals surface area (Å²) in [7, 11) is -3.74. The molecule has 3 rings (SSSR count). The van der Waals surface area contributed by atoms with Crippen LogP contribution in [-0.2, 0) is 27.9 Å². The number of hydrogen-bond donors (Lipinski definition) is 1. The minimum atomic E-state index is -3.74. The summed E-state index contributed by atoms with van der Waals surface area (Å²) < 4.78 is 32.8. The Kier molecular flexibility index (Phi) is 6.01. The molecule has 27 heavy (non-hydrogen) atoms. The molecule has 0 aromatic heterocycles. The van der Waals surface area contributed by atoms with Gasteiger partial charge in [0.15, 0.2) is 0 Å². The molecule has 0 aliphatic heterocycles. The largest absolute Gasteiger partial charge is 0.457 e. The topological polar surface area (TPSA) is 72.5 Å². The first-order valence-corrected chi connectivity index (χ1v) is 9.88. The van der Waals surface area contributed by atoms with Gasteiger partial charge in [-0.25, -0.2) is 17.9 Å². The van der Waals surface area contributed by atoms with Crippen molar-refractivity contribution in [1.29, 1.82) is 0 Å². The maximum absolute atomic E-state index is 12.5. The Balaban J connectivity index is 1.67. The van der Waals surface area contributed by atoms with Gasteiger partial charge in [-0.1, -0.05) is 66.7 Å². The molecule has 0 saturated heterocycles. The highest BCUT2D eigenvalue weighted by molar-refractivity contribution is 7.89. The van der Waals surface area contributed by atoms with Gasteiger partial charge >= 0.3 is 5.97 Å². The van der Waals surface area contributed by atoms with Gasteiger partial charge in [-0.05, 0) is 29.3 Å². The zero-order valence-electron chi connectivity index (χ0n) is 14.5. The molecule has 1 N–H and O–H groups in total. The summed E-state index contributed by atoms with van der Waals surface area (Å²) in [6.45, 7) is 0.300. The van der Waals surface area contributed by atoms with E-state index in [1.54, 1.807) is 0 Å². The van der Waals surface area contributed by atoms with Crippen LogP contribution in [0.25, 0.3) is 0 Å². The van der Waals surface area contributed by atoms with Crippen molar-refractivity contribution >= 4 is 16.0 Å². The van der Waals surface area contributed by atoms with Crippen LogP contribution in [0, 0.1) is 0 Å². The average molecular weight is 381 g/mol. The second-order valence-corrected chi connectivity index (χ2v) is 7.67. The molecule has 0 heterocycles.